The summed E-state index contributed by atoms with van der Waals surface area (Å²) in [7, 11) is -3.29. The minimum atomic E-state index is -3.29. The third-order valence-corrected chi connectivity index (χ3v) is 4.20. The van der Waals surface area contributed by atoms with Gasteiger partial charge in [-0.25, -0.2) is 18.1 Å². The standard InChI is InChI=1S/C11H18N2O4S/c1-9-7-12-11(17-9)8-13-18(14,15)6-4-10-3-2-5-16-10/h7,10,13H,2-6,8H2,1H3. The molecule has 1 atom stereocenters. The molecule has 102 valence electrons. The zero-order chi connectivity index (χ0) is 13.0. The Bertz CT molecular complexity index is 477. The first-order valence-electron chi connectivity index (χ1n) is 6.05. The van der Waals surface area contributed by atoms with Gasteiger partial charge in [-0.15, -0.1) is 0 Å². The fourth-order valence-corrected chi connectivity index (χ4v) is 2.95. The third-order valence-electron chi connectivity index (χ3n) is 2.84. The Balaban J connectivity index is 1.76. The molecule has 1 aromatic rings. The van der Waals surface area contributed by atoms with Gasteiger partial charge >= 0.3 is 0 Å². The fraction of sp³-hybridized carbons (Fsp3) is 0.727. The van der Waals surface area contributed by atoms with Gasteiger partial charge in [0.1, 0.15) is 5.76 Å². The van der Waals surface area contributed by atoms with Gasteiger partial charge in [0, 0.05) is 6.61 Å². The molecule has 1 N–H and O–H groups in total. The van der Waals surface area contributed by atoms with E-state index in [0.717, 1.165) is 19.4 Å². The molecule has 7 heteroatoms. The van der Waals surface area contributed by atoms with Crippen molar-refractivity contribution in [1.29, 1.82) is 0 Å². The monoisotopic (exact) mass is 274 g/mol. The maximum atomic E-state index is 11.7. The van der Waals surface area contributed by atoms with Crippen LogP contribution in [-0.2, 0) is 21.3 Å². The summed E-state index contributed by atoms with van der Waals surface area (Å²) in [6, 6.07) is 0. The minimum absolute atomic E-state index is 0.0807. The summed E-state index contributed by atoms with van der Waals surface area (Å²) >= 11 is 0. The van der Waals surface area contributed by atoms with E-state index in [0.29, 0.717) is 18.1 Å². The van der Waals surface area contributed by atoms with Crippen molar-refractivity contribution in [2.75, 3.05) is 12.4 Å². The second kappa shape index (κ2) is 5.81. The van der Waals surface area contributed by atoms with Crippen LogP contribution in [0.25, 0.3) is 0 Å². The Morgan fingerprint density at radius 3 is 3.00 bits per heavy atom. The SMILES string of the molecule is Cc1cnc(CNS(=O)(=O)CCC2CCCO2)o1. The first-order valence-corrected chi connectivity index (χ1v) is 7.71. The van der Waals surface area contributed by atoms with Gasteiger partial charge in [0.25, 0.3) is 0 Å². The number of nitrogens with zero attached hydrogens (tertiary/aromatic N) is 1. The lowest BCUT2D eigenvalue weighted by Crippen LogP contribution is -2.27. The molecule has 1 fully saturated rings. The number of aryl methyl sites for hydroxylation is 1. The molecular weight excluding hydrogens is 256 g/mol. The molecule has 0 bridgehead atoms. The van der Waals surface area contributed by atoms with Crippen molar-refractivity contribution in [3.05, 3.63) is 17.8 Å². The molecule has 0 aliphatic carbocycles. The largest absolute Gasteiger partial charge is 0.445 e. The number of hydrogen-bond acceptors (Lipinski definition) is 5. The van der Waals surface area contributed by atoms with Crippen molar-refractivity contribution >= 4 is 10.0 Å². The second-order valence-electron chi connectivity index (χ2n) is 4.43. The number of oxazole rings is 1. The van der Waals surface area contributed by atoms with E-state index in [1.54, 1.807) is 13.1 Å². The van der Waals surface area contributed by atoms with Crippen LogP contribution in [0, 0.1) is 6.92 Å². The van der Waals surface area contributed by atoms with E-state index in [1.165, 1.54) is 0 Å². The zero-order valence-electron chi connectivity index (χ0n) is 10.4. The van der Waals surface area contributed by atoms with Gasteiger partial charge in [0.2, 0.25) is 15.9 Å². The molecule has 0 aromatic carbocycles. The maximum absolute atomic E-state index is 11.7. The summed E-state index contributed by atoms with van der Waals surface area (Å²) in [6.07, 6.45) is 4.17. The number of aromatic nitrogens is 1. The molecule has 0 saturated carbocycles. The van der Waals surface area contributed by atoms with Gasteiger partial charge in [0.05, 0.1) is 24.6 Å². The van der Waals surface area contributed by atoms with Gasteiger partial charge in [-0.2, -0.15) is 0 Å². The van der Waals surface area contributed by atoms with Gasteiger partial charge < -0.3 is 9.15 Å². The molecule has 1 aromatic heterocycles. The van der Waals surface area contributed by atoms with Crippen LogP contribution in [0.3, 0.4) is 0 Å². The average Bonchev–Trinajstić information content (AvgIpc) is 2.95. The van der Waals surface area contributed by atoms with E-state index in [2.05, 4.69) is 9.71 Å². The highest BCUT2D eigenvalue weighted by Crippen LogP contribution is 2.15. The molecule has 1 unspecified atom stereocenters. The molecule has 6 nitrogen and oxygen atoms in total. The molecule has 1 saturated heterocycles. The molecule has 0 amide bonds. The van der Waals surface area contributed by atoms with Crippen molar-refractivity contribution in [2.45, 2.75) is 38.8 Å². The number of rotatable bonds is 6. The van der Waals surface area contributed by atoms with Crippen LogP contribution in [-0.4, -0.2) is 31.9 Å². The summed E-state index contributed by atoms with van der Waals surface area (Å²) < 4.78 is 36.5. The van der Waals surface area contributed by atoms with E-state index in [4.69, 9.17) is 9.15 Å². The van der Waals surface area contributed by atoms with Crippen LogP contribution in [0.15, 0.2) is 10.6 Å². The molecule has 2 rings (SSSR count). The van der Waals surface area contributed by atoms with Crippen LogP contribution >= 0.6 is 0 Å². The van der Waals surface area contributed by atoms with E-state index in [1.807, 2.05) is 0 Å². The summed E-state index contributed by atoms with van der Waals surface area (Å²) in [5.74, 6) is 1.13. The Morgan fingerprint density at radius 1 is 1.56 bits per heavy atom. The van der Waals surface area contributed by atoms with Crippen LogP contribution in [0.1, 0.15) is 30.9 Å². The van der Waals surface area contributed by atoms with Gasteiger partial charge in [0.15, 0.2) is 0 Å². The normalized spacial score (nSPS) is 20.4. The Kier molecular flexibility index (Phi) is 4.36. The number of hydrogen-bond donors (Lipinski definition) is 1. The summed E-state index contributed by atoms with van der Waals surface area (Å²) in [6.45, 7) is 2.61. The van der Waals surface area contributed by atoms with Gasteiger partial charge in [-0.1, -0.05) is 0 Å². The molecule has 1 aliphatic rings. The lowest BCUT2D eigenvalue weighted by Gasteiger charge is -2.09. The number of ether oxygens (including phenoxy) is 1. The van der Waals surface area contributed by atoms with E-state index in [-0.39, 0.29) is 18.4 Å². The first kappa shape index (κ1) is 13.5. The summed E-state index contributed by atoms with van der Waals surface area (Å²) in [5.41, 5.74) is 0. The highest BCUT2D eigenvalue weighted by atomic mass is 32.2. The van der Waals surface area contributed by atoms with Crippen molar-refractivity contribution in [1.82, 2.24) is 9.71 Å². The molecular formula is C11H18N2O4S. The number of nitrogens with one attached hydrogen (secondary N) is 1. The van der Waals surface area contributed by atoms with E-state index >= 15 is 0 Å². The summed E-state index contributed by atoms with van der Waals surface area (Å²) in [4.78, 5) is 3.94. The second-order valence-corrected chi connectivity index (χ2v) is 6.35. The fourth-order valence-electron chi connectivity index (χ4n) is 1.89. The van der Waals surface area contributed by atoms with Gasteiger partial charge in [-0.3, -0.25) is 0 Å². The smallest absolute Gasteiger partial charge is 0.212 e. The summed E-state index contributed by atoms with van der Waals surface area (Å²) in [5, 5.41) is 0. The quantitative estimate of drug-likeness (QED) is 0.836. The van der Waals surface area contributed by atoms with E-state index < -0.39 is 10.0 Å². The van der Waals surface area contributed by atoms with Crippen molar-refractivity contribution in [3.8, 4) is 0 Å². The minimum Gasteiger partial charge on any atom is -0.445 e. The van der Waals surface area contributed by atoms with E-state index in [9.17, 15) is 8.42 Å². The maximum Gasteiger partial charge on any atom is 0.212 e. The predicted molar refractivity (Wildman–Crippen MR) is 65.5 cm³/mol. The number of sulfonamides is 1. The Morgan fingerprint density at radius 2 is 2.39 bits per heavy atom. The lowest BCUT2D eigenvalue weighted by atomic mass is 10.2. The van der Waals surface area contributed by atoms with Crippen molar-refractivity contribution in [2.24, 2.45) is 0 Å². The molecule has 18 heavy (non-hydrogen) atoms. The first-order chi connectivity index (χ1) is 8.55. The van der Waals surface area contributed by atoms with Crippen LogP contribution < -0.4 is 4.72 Å². The van der Waals surface area contributed by atoms with Gasteiger partial charge in [-0.05, 0) is 26.2 Å². The molecule has 0 spiro atoms. The topological polar surface area (TPSA) is 81.4 Å². The van der Waals surface area contributed by atoms with Crippen molar-refractivity contribution in [3.63, 3.8) is 0 Å². The van der Waals surface area contributed by atoms with Crippen LogP contribution in [0.2, 0.25) is 0 Å². The Labute approximate surface area is 107 Å². The lowest BCUT2D eigenvalue weighted by molar-refractivity contribution is 0.109. The third kappa shape index (κ3) is 4.08. The highest BCUT2D eigenvalue weighted by Gasteiger charge is 2.19. The molecule has 2 heterocycles. The van der Waals surface area contributed by atoms with Crippen LogP contribution in [0.5, 0.6) is 0 Å². The highest BCUT2D eigenvalue weighted by molar-refractivity contribution is 7.89. The molecule has 0 radical (unpaired) electrons. The Hall–Kier alpha value is -0.920. The average molecular weight is 274 g/mol. The zero-order valence-corrected chi connectivity index (χ0v) is 11.2. The molecule has 1 aliphatic heterocycles. The van der Waals surface area contributed by atoms with Crippen molar-refractivity contribution < 1.29 is 17.6 Å². The van der Waals surface area contributed by atoms with Crippen LogP contribution in [0.4, 0.5) is 0 Å². The predicted octanol–water partition coefficient (Wildman–Crippen LogP) is 0.972.